The fourth-order valence-corrected chi connectivity index (χ4v) is 3.63. The molecule has 0 radical (unpaired) electrons. The van der Waals surface area contributed by atoms with Gasteiger partial charge in [-0.1, -0.05) is 65.4 Å². The average Bonchev–Trinajstić information content (AvgIpc) is 3.34. The highest BCUT2D eigenvalue weighted by Gasteiger charge is 2.16. The molecule has 0 aliphatic carbocycles. The lowest BCUT2D eigenvalue weighted by Crippen LogP contribution is -2.32. The van der Waals surface area contributed by atoms with Gasteiger partial charge in [-0.05, 0) is 36.4 Å². The largest absolute Gasteiger partial charge is 0.422 e. The van der Waals surface area contributed by atoms with Crippen molar-refractivity contribution in [1.29, 1.82) is 0 Å². The van der Waals surface area contributed by atoms with Crippen LogP contribution in [-0.4, -0.2) is 34.2 Å². The number of hydrogen-bond donors (Lipinski definition) is 2. The van der Waals surface area contributed by atoms with Crippen LogP contribution in [0.3, 0.4) is 0 Å². The first-order valence-electron chi connectivity index (χ1n) is 10.1. The molecular formula is C24H16ClN5O4S. The number of nitrogens with one attached hydrogen (secondary N) is 2. The number of benzene rings is 3. The number of para-hydroxylation sites is 1. The number of ether oxygens (including phenoxy) is 1. The summed E-state index contributed by atoms with van der Waals surface area (Å²) < 4.78 is 5.42. The molecule has 3 aromatic carbocycles. The molecule has 0 atom stereocenters. The molecule has 4 rings (SSSR count). The summed E-state index contributed by atoms with van der Waals surface area (Å²) in [4.78, 5) is 36.6. The van der Waals surface area contributed by atoms with Crippen molar-refractivity contribution in [3.8, 4) is 16.3 Å². The second-order valence-corrected chi connectivity index (χ2v) is 8.28. The molecule has 2 N–H and O–H groups in total. The second kappa shape index (κ2) is 11.1. The van der Waals surface area contributed by atoms with Crippen LogP contribution in [0.2, 0.25) is 5.02 Å². The predicted octanol–water partition coefficient (Wildman–Crippen LogP) is 4.17. The molecule has 0 aliphatic heterocycles. The van der Waals surface area contributed by atoms with Gasteiger partial charge < -0.3 is 4.74 Å². The number of aromatic nitrogens is 2. The number of hydrazone groups is 1. The molecule has 2 amide bonds. The van der Waals surface area contributed by atoms with E-state index in [1.165, 1.54) is 6.21 Å². The van der Waals surface area contributed by atoms with Crippen molar-refractivity contribution in [3.05, 3.63) is 95.0 Å². The maximum absolute atomic E-state index is 12.4. The summed E-state index contributed by atoms with van der Waals surface area (Å²) in [7, 11) is 0. The molecule has 9 nitrogen and oxygen atoms in total. The van der Waals surface area contributed by atoms with Crippen molar-refractivity contribution >= 4 is 52.1 Å². The Morgan fingerprint density at radius 1 is 0.886 bits per heavy atom. The number of hydrogen-bond acceptors (Lipinski definition) is 8. The van der Waals surface area contributed by atoms with Crippen molar-refractivity contribution in [2.75, 3.05) is 5.32 Å². The van der Waals surface area contributed by atoms with Gasteiger partial charge in [-0.25, -0.2) is 10.2 Å². The van der Waals surface area contributed by atoms with Crippen LogP contribution in [0.4, 0.5) is 5.13 Å². The van der Waals surface area contributed by atoms with Gasteiger partial charge in [0.25, 0.3) is 0 Å². The molecule has 0 aliphatic rings. The smallest absolute Gasteiger partial charge is 0.343 e. The SMILES string of the molecule is O=C(N/N=C\c1ccccc1OC(=O)c1ccc(Cl)cc1)C(=O)Nc1nnc(-c2ccccc2)s1. The van der Waals surface area contributed by atoms with Gasteiger partial charge >= 0.3 is 17.8 Å². The number of nitrogens with zero attached hydrogens (tertiary/aromatic N) is 3. The molecule has 35 heavy (non-hydrogen) atoms. The Labute approximate surface area is 208 Å². The number of amides is 2. The zero-order valence-corrected chi connectivity index (χ0v) is 19.4. The lowest BCUT2D eigenvalue weighted by Gasteiger charge is -2.07. The molecule has 1 aromatic heterocycles. The lowest BCUT2D eigenvalue weighted by atomic mass is 10.2. The van der Waals surface area contributed by atoms with Crippen molar-refractivity contribution in [2.45, 2.75) is 0 Å². The maximum atomic E-state index is 12.4. The van der Waals surface area contributed by atoms with E-state index >= 15 is 0 Å². The molecular weight excluding hydrogens is 490 g/mol. The minimum absolute atomic E-state index is 0.174. The van der Waals surface area contributed by atoms with Crippen LogP contribution in [-0.2, 0) is 9.59 Å². The van der Waals surface area contributed by atoms with E-state index in [1.807, 2.05) is 30.3 Å². The first-order valence-corrected chi connectivity index (χ1v) is 11.3. The van der Waals surface area contributed by atoms with Crippen molar-refractivity contribution in [1.82, 2.24) is 15.6 Å². The summed E-state index contributed by atoms with van der Waals surface area (Å²) in [5.74, 6) is -2.33. The van der Waals surface area contributed by atoms with Crippen LogP contribution in [0, 0.1) is 0 Å². The van der Waals surface area contributed by atoms with E-state index in [0.29, 0.717) is 21.2 Å². The van der Waals surface area contributed by atoms with Gasteiger partial charge in [0.15, 0.2) is 0 Å². The Morgan fingerprint density at radius 2 is 1.60 bits per heavy atom. The van der Waals surface area contributed by atoms with Crippen molar-refractivity contribution in [2.24, 2.45) is 5.10 Å². The molecule has 11 heteroatoms. The van der Waals surface area contributed by atoms with Crippen LogP contribution in [0.5, 0.6) is 5.75 Å². The van der Waals surface area contributed by atoms with Gasteiger partial charge in [0.1, 0.15) is 10.8 Å². The summed E-state index contributed by atoms with van der Waals surface area (Å²) in [6, 6.07) is 22.1. The quantitative estimate of drug-likeness (QED) is 0.133. The molecule has 0 unspecified atom stereocenters. The summed E-state index contributed by atoms with van der Waals surface area (Å²) in [5, 5.41) is 15.3. The highest BCUT2D eigenvalue weighted by Crippen LogP contribution is 2.25. The zero-order chi connectivity index (χ0) is 24.6. The lowest BCUT2D eigenvalue weighted by molar-refractivity contribution is -0.136. The minimum atomic E-state index is -1.01. The van der Waals surface area contributed by atoms with Gasteiger partial charge in [-0.3, -0.25) is 14.9 Å². The molecule has 1 heterocycles. The summed E-state index contributed by atoms with van der Waals surface area (Å²) in [5.41, 5.74) is 3.70. The van der Waals surface area contributed by atoms with Gasteiger partial charge in [-0.15, -0.1) is 10.2 Å². The highest BCUT2D eigenvalue weighted by molar-refractivity contribution is 7.18. The first kappa shape index (κ1) is 23.7. The Morgan fingerprint density at radius 3 is 2.37 bits per heavy atom. The Hall–Kier alpha value is -4.41. The van der Waals surface area contributed by atoms with Gasteiger partial charge in [0.2, 0.25) is 5.13 Å². The van der Waals surface area contributed by atoms with E-state index in [0.717, 1.165) is 16.9 Å². The van der Waals surface area contributed by atoms with E-state index < -0.39 is 17.8 Å². The van der Waals surface area contributed by atoms with E-state index in [9.17, 15) is 14.4 Å². The van der Waals surface area contributed by atoms with Crippen molar-refractivity contribution in [3.63, 3.8) is 0 Å². The zero-order valence-electron chi connectivity index (χ0n) is 17.8. The first-order chi connectivity index (χ1) is 17.0. The van der Waals surface area contributed by atoms with Gasteiger partial charge in [0, 0.05) is 16.1 Å². The number of halogens is 1. The van der Waals surface area contributed by atoms with Crippen LogP contribution in [0.25, 0.3) is 10.6 Å². The number of carbonyl (C=O) groups excluding carboxylic acids is 3. The Bertz CT molecular complexity index is 1390. The third-order valence-electron chi connectivity index (χ3n) is 4.44. The molecule has 0 bridgehead atoms. The number of esters is 1. The standard InChI is InChI=1S/C24H16ClN5O4S/c25-18-12-10-16(11-13-18)23(33)34-19-9-5-4-8-17(19)14-26-28-21(32)20(31)27-24-30-29-22(35-24)15-6-2-1-3-7-15/h1-14H,(H,28,32)(H,27,30,31)/b26-14-. The topological polar surface area (TPSA) is 123 Å². The normalized spacial score (nSPS) is 10.7. The second-order valence-electron chi connectivity index (χ2n) is 6.87. The Balaban J connectivity index is 1.35. The summed E-state index contributed by atoms with van der Waals surface area (Å²) in [6.07, 6.45) is 1.26. The average molecular weight is 506 g/mol. The minimum Gasteiger partial charge on any atom is -0.422 e. The fraction of sp³-hybridized carbons (Fsp3) is 0. The van der Waals surface area contributed by atoms with Crippen molar-refractivity contribution < 1.29 is 19.1 Å². The van der Waals surface area contributed by atoms with Gasteiger partial charge in [-0.2, -0.15) is 5.10 Å². The van der Waals surface area contributed by atoms with Crippen LogP contribution < -0.4 is 15.5 Å². The monoisotopic (exact) mass is 505 g/mol. The van der Waals surface area contributed by atoms with E-state index in [2.05, 4.69) is 26.0 Å². The summed E-state index contributed by atoms with van der Waals surface area (Å²) >= 11 is 6.97. The van der Waals surface area contributed by atoms with E-state index in [1.54, 1.807) is 48.5 Å². The molecule has 0 fully saturated rings. The predicted molar refractivity (Wildman–Crippen MR) is 133 cm³/mol. The van der Waals surface area contributed by atoms with E-state index in [4.69, 9.17) is 16.3 Å². The fourth-order valence-electron chi connectivity index (χ4n) is 2.76. The molecule has 0 saturated heterocycles. The van der Waals surface area contributed by atoms with Gasteiger partial charge in [0.05, 0.1) is 11.8 Å². The Kier molecular flexibility index (Phi) is 7.56. The third kappa shape index (κ3) is 6.34. The highest BCUT2D eigenvalue weighted by atomic mass is 35.5. The molecule has 0 saturated carbocycles. The van der Waals surface area contributed by atoms with E-state index in [-0.39, 0.29) is 10.9 Å². The number of carbonyl (C=O) groups is 3. The number of rotatable bonds is 6. The number of anilines is 1. The molecule has 174 valence electrons. The summed E-state index contributed by atoms with van der Waals surface area (Å²) in [6.45, 7) is 0. The van der Waals surface area contributed by atoms with Crippen LogP contribution in [0.15, 0.2) is 84.0 Å². The third-order valence-corrected chi connectivity index (χ3v) is 5.58. The van der Waals surface area contributed by atoms with Crippen LogP contribution in [0.1, 0.15) is 15.9 Å². The van der Waals surface area contributed by atoms with Crippen LogP contribution >= 0.6 is 22.9 Å². The maximum Gasteiger partial charge on any atom is 0.343 e. The molecule has 4 aromatic rings. The molecule has 0 spiro atoms.